The minimum absolute atomic E-state index is 0.161. The molecule has 1 heterocycles. The molecule has 100 valence electrons. The number of thiocarbonyl (C=S) groups is 1. The van der Waals surface area contributed by atoms with Gasteiger partial charge in [0.15, 0.2) is 5.11 Å². The van der Waals surface area contributed by atoms with E-state index in [1.807, 2.05) is 32.0 Å². The van der Waals surface area contributed by atoms with Crippen LogP contribution in [0.25, 0.3) is 0 Å². The lowest BCUT2D eigenvalue weighted by molar-refractivity contribution is 0.722. The monoisotopic (exact) mass is 274 g/mol. The van der Waals surface area contributed by atoms with E-state index < -0.39 is 0 Å². The predicted molar refractivity (Wildman–Crippen MR) is 82.3 cm³/mol. The molecule has 1 aromatic carbocycles. The Labute approximate surface area is 118 Å². The lowest BCUT2D eigenvalue weighted by Crippen LogP contribution is -2.31. The molecule has 0 fully saturated rings. The molecule has 0 amide bonds. The van der Waals surface area contributed by atoms with Gasteiger partial charge in [-0.05, 0) is 38.6 Å². The van der Waals surface area contributed by atoms with Gasteiger partial charge in [-0.3, -0.25) is 5.10 Å². The fourth-order valence-electron chi connectivity index (χ4n) is 1.91. The van der Waals surface area contributed by atoms with Crippen LogP contribution < -0.4 is 10.6 Å². The summed E-state index contributed by atoms with van der Waals surface area (Å²) in [5, 5.41) is 14.1. The highest BCUT2D eigenvalue weighted by molar-refractivity contribution is 7.80. The third-order valence-corrected chi connectivity index (χ3v) is 3.23. The number of hydrogen-bond acceptors (Lipinski definition) is 2. The second-order valence-corrected chi connectivity index (χ2v) is 4.95. The highest BCUT2D eigenvalue weighted by Gasteiger charge is 2.10. The highest BCUT2D eigenvalue weighted by Crippen LogP contribution is 2.17. The van der Waals surface area contributed by atoms with E-state index in [0.717, 1.165) is 17.1 Å². The zero-order chi connectivity index (χ0) is 13.8. The summed E-state index contributed by atoms with van der Waals surface area (Å²) < 4.78 is 0. The first-order valence-electron chi connectivity index (χ1n) is 6.22. The molecule has 2 aromatic rings. The van der Waals surface area contributed by atoms with E-state index in [-0.39, 0.29) is 6.04 Å². The minimum Gasteiger partial charge on any atom is -0.356 e. The van der Waals surface area contributed by atoms with Gasteiger partial charge in [0.05, 0.1) is 23.1 Å². The third-order valence-electron chi connectivity index (χ3n) is 3.01. The minimum atomic E-state index is 0.161. The predicted octanol–water partition coefficient (Wildman–Crippen LogP) is 3.07. The van der Waals surface area contributed by atoms with Crippen molar-refractivity contribution in [3.05, 3.63) is 47.3 Å². The Kier molecular flexibility index (Phi) is 4.16. The zero-order valence-corrected chi connectivity index (χ0v) is 12.1. The van der Waals surface area contributed by atoms with Gasteiger partial charge in [0.2, 0.25) is 0 Å². The number of benzene rings is 1. The first-order valence-corrected chi connectivity index (χ1v) is 6.62. The molecule has 0 saturated heterocycles. The number of hydrogen-bond donors (Lipinski definition) is 3. The quantitative estimate of drug-likeness (QED) is 0.753. The number of aryl methyl sites for hydroxylation is 2. The second kappa shape index (κ2) is 5.84. The number of rotatable bonds is 3. The molecule has 3 N–H and O–H groups in total. The summed E-state index contributed by atoms with van der Waals surface area (Å²) in [6.07, 6.45) is 0. The molecule has 19 heavy (non-hydrogen) atoms. The molecule has 1 atom stereocenters. The van der Waals surface area contributed by atoms with Crippen LogP contribution in [0.2, 0.25) is 0 Å². The van der Waals surface area contributed by atoms with Crippen LogP contribution in [0.4, 0.5) is 5.69 Å². The van der Waals surface area contributed by atoms with Crippen molar-refractivity contribution in [2.75, 3.05) is 5.32 Å². The summed E-state index contributed by atoms with van der Waals surface area (Å²) >= 11 is 5.33. The van der Waals surface area contributed by atoms with Crippen molar-refractivity contribution in [1.29, 1.82) is 0 Å². The van der Waals surface area contributed by atoms with Crippen molar-refractivity contribution in [1.82, 2.24) is 15.5 Å². The van der Waals surface area contributed by atoms with Crippen LogP contribution in [0.1, 0.15) is 29.9 Å². The van der Waals surface area contributed by atoms with E-state index in [9.17, 15) is 0 Å². The molecule has 0 aliphatic heterocycles. The summed E-state index contributed by atoms with van der Waals surface area (Å²) in [7, 11) is 0. The van der Waals surface area contributed by atoms with Crippen LogP contribution in [0, 0.1) is 13.8 Å². The SMILES string of the molecule is Cc1n[nH]c(C)c1NC(=S)N[C@H](C)c1ccccc1. The van der Waals surface area contributed by atoms with Crippen LogP contribution in [-0.2, 0) is 0 Å². The molecule has 0 aliphatic carbocycles. The fourth-order valence-corrected chi connectivity index (χ4v) is 2.19. The van der Waals surface area contributed by atoms with Crippen molar-refractivity contribution >= 4 is 23.0 Å². The maximum atomic E-state index is 5.33. The van der Waals surface area contributed by atoms with Crippen LogP contribution in [0.3, 0.4) is 0 Å². The molecule has 0 saturated carbocycles. The van der Waals surface area contributed by atoms with E-state index in [1.54, 1.807) is 0 Å². The van der Waals surface area contributed by atoms with Gasteiger partial charge in [-0.15, -0.1) is 0 Å². The smallest absolute Gasteiger partial charge is 0.171 e. The molecule has 0 aliphatic rings. The highest BCUT2D eigenvalue weighted by atomic mass is 32.1. The topological polar surface area (TPSA) is 52.7 Å². The van der Waals surface area contributed by atoms with Gasteiger partial charge in [-0.2, -0.15) is 5.10 Å². The average Bonchev–Trinajstić information content (AvgIpc) is 2.71. The van der Waals surface area contributed by atoms with Crippen molar-refractivity contribution in [3.8, 4) is 0 Å². The summed E-state index contributed by atoms with van der Waals surface area (Å²) in [5.41, 5.74) is 4.04. The third kappa shape index (κ3) is 3.32. The Bertz CT molecular complexity index is 543. The van der Waals surface area contributed by atoms with E-state index >= 15 is 0 Å². The lowest BCUT2D eigenvalue weighted by atomic mass is 10.1. The van der Waals surface area contributed by atoms with E-state index in [4.69, 9.17) is 12.2 Å². The molecule has 0 bridgehead atoms. The molecular weight excluding hydrogens is 256 g/mol. The van der Waals surface area contributed by atoms with Crippen molar-refractivity contribution in [2.24, 2.45) is 0 Å². The maximum absolute atomic E-state index is 5.33. The van der Waals surface area contributed by atoms with Crippen LogP contribution in [-0.4, -0.2) is 15.3 Å². The second-order valence-electron chi connectivity index (χ2n) is 4.54. The van der Waals surface area contributed by atoms with Crippen molar-refractivity contribution in [2.45, 2.75) is 26.8 Å². The largest absolute Gasteiger partial charge is 0.356 e. The normalized spacial score (nSPS) is 11.9. The Morgan fingerprint density at radius 2 is 1.95 bits per heavy atom. The van der Waals surface area contributed by atoms with Crippen LogP contribution in [0.5, 0.6) is 0 Å². The lowest BCUT2D eigenvalue weighted by Gasteiger charge is -2.17. The molecular formula is C14H18N4S. The number of aromatic amines is 1. The summed E-state index contributed by atoms with van der Waals surface area (Å²) in [6, 6.07) is 10.4. The van der Waals surface area contributed by atoms with Gasteiger partial charge in [-0.25, -0.2) is 0 Å². The Balaban J connectivity index is 1.99. The van der Waals surface area contributed by atoms with Crippen LogP contribution in [0.15, 0.2) is 30.3 Å². The molecule has 2 rings (SSSR count). The van der Waals surface area contributed by atoms with Gasteiger partial charge >= 0.3 is 0 Å². The Hall–Kier alpha value is -1.88. The molecule has 0 radical (unpaired) electrons. The molecule has 5 heteroatoms. The maximum Gasteiger partial charge on any atom is 0.171 e. The van der Waals surface area contributed by atoms with E-state index in [0.29, 0.717) is 5.11 Å². The van der Waals surface area contributed by atoms with Crippen LogP contribution >= 0.6 is 12.2 Å². The number of aromatic nitrogens is 2. The first kappa shape index (κ1) is 13.5. The molecule has 0 spiro atoms. The summed E-state index contributed by atoms with van der Waals surface area (Å²) in [4.78, 5) is 0. The summed E-state index contributed by atoms with van der Waals surface area (Å²) in [5.74, 6) is 0. The molecule has 0 unspecified atom stereocenters. The van der Waals surface area contributed by atoms with Crippen molar-refractivity contribution in [3.63, 3.8) is 0 Å². The summed E-state index contributed by atoms with van der Waals surface area (Å²) in [6.45, 7) is 5.99. The van der Waals surface area contributed by atoms with Gasteiger partial charge in [0, 0.05) is 0 Å². The van der Waals surface area contributed by atoms with Gasteiger partial charge in [-0.1, -0.05) is 30.3 Å². The zero-order valence-electron chi connectivity index (χ0n) is 11.3. The van der Waals surface area contributed by atoms with Gasteiger partial charge < -0.3 is 10.6 Å². The Morgan fingerprint density at radius 3 is 2.53 bits per heavy atom. The Morgan fingerprint density at radius 1 is 1.26 bits per heavy atom. The van der Waals surface area contributed by atoms with E-state index in [1.165, 1.54) is 5.56 Å². The number of anilines is 1. The molecule has 4 nitrogen and oxygen atoms in total. The van der Waals surface area contributed by atoms with E-state index in [2.05, 4.69) is 39.9 Å². The van der Waals surface area contributed by atoms with Gasteiger partial charge in [0.25, 0.3) is 0 Å². The van der Waals surface area contributed by atoms with Gasteiger partial charge in [0.1, 0.15) is 0 Å². The number of nitrogens with zero attached hydrogens (tertiary/aromatic N) is 1. The first-order chi connectivity index (χ1) is 9.08. The number of H-pyrrole nitrogens is 1. The van der Waals surface area contributed by atoms with Crippen molar-refractivity contribution < 1.29 is 0 Å². The fraction of sp³-hybridized carbons (Fsp3) is 0.286. The molecule has 1 aromatic heterocycles. The number of nitrogens with one attached hydrogen (secondary N) is 3. The average molecular weight is 274 g/mol. The standard InChI is InChI=1S/C14H18N4S/c1-9(12-7-5-4-6-8-12)15-14(19)16-13-10(2)17-18-11(13)3/h4-9H,1-3H3,(H,17,18)(H2,15,16,19)/t9-/m1/s1.